The molecule has 0 unspecified atom stereocenters. The van der Waals surface area contributed by atoms with E-state index in [-0.39, 0.29) is 0 Å². The fourth-order valence-corrected chi connectivity index (χ4v) is 2.53. The standard InChI is InChI=1S/C13H18N4/c1-3-16-8-11-12(9-17-6-4-5-7-17)14-15(2)13(11)10-16/h4-7H,3,8-10H2,1-2H3. The molecule has 0 amide bonds. The monoisotopic (exact) mass is 230 g/mol. The van der Waals surface area contributed by atoms with Crippen LogP contribution in [0.1, 0.15) is 23.9 Å². The van der Waals surface area contributed by atoms with Crippen molar-refractivity contribution < 1.29 is 0 Å². The Morgan fingerprint density at radius 2 is 2.00 bits per heavy atom. The van der Waals surface area contributed by atoms with Crippen LogP contribution in [-0.4, -0.2) is 25.8 Å². The Balaban J connectivity index is 1.90. The van der Waals surface area contributed by atoms with Gasteiger partial charge in [0.2, 0.25) is 0 Å². The molecule has 0 aromatic carbocycles. The lowest BCUT2D eigenvalue weighted by atomic mass is 10.2. The summed E-state index contributed by atoms with van der Waals surface area (Å²) in [5.41, 5.74) is 4.03. The zero-order valence-electron chi connectivity index (χ0n) is 10.4. The first kappa shape index (κ1) is 10.6. The van der Waals surface area contributed by atoms with Crippen LogP contribution >= 0.6 is 0 Å². The van der Waals surface area contributed by atoms with E-state index in [1.54, 1.807) is 0 Å². The molecule has 0 aliphatic carbocycles. The number of hydrogen-bond acceptors (Lipinski definition) is 2. The molecule has 0 atom stereocenters. The van der Waals surface area contributed by atoms with E-state index in [0.29, 0.717) is 0 Å². The third-order valence-electron chi connectivity index (χ3n) is 3.56. The van der Waals surface area contributed by atoms with E-state index in [0.717, 1.165) is 26.2 Å². The van der Waals surface area contributed by atoms with Crippen molar-refractivity contribution in [2.24, 2.45) is 7.05 Å². The Morgan fingerprint density at radius 3 is 2.71 bits per heavy atom. The van der Waals surface area contributed by atoms with Gasteiger partial charge in [-0.1, -0.05) is 6.92 Å². The number of nitrogens with zero attached hydrogens (tertiary/aromatic N) is 4. The molecule has 1 aliphatic heterocycles. The van der Waals surface area contributed by atoms with Gasteiger partial charge in [-0.3, -0.25) is 9.58 Å². The highest BCUT2D eigenvalue weighted by molar-refractivity contribution is 5.30. The van der Waals surface area contributed by atoms with Gasteiger partial charge in [0, 0.05) is 38.1 Å². The smallest absolute Gasteiger partial charge is 0.0869 e. The van der Waals surface area contributed by atoms with E-state index in [9.17, 15) is 0 Å². The third-order valence-corrected chi connectivity index (χ3v) is 3.56. The fraction of sp³-hybridized carbons (Fsp3) is 0.462. The van der Waals surface area contributed by atoms with Crippen molar-refractivity contribution >= 4 is 0 Å². The molecule has 90 valence electrons. The maximum Gasteiger partial charge on any atom is 0.0869 e. The van der Waals surface area contributed by atoms with E-state index in [1.165, 1.54) is 17.0 Å². The van der Waals surface area contributed by atoms with E-state index in [1.807, 2.05) is 4.68 Å². The molecule has 0 saturated heterocycles. The van der Waals surface area contributed by atoms with Gasteiger partial charge in [-0.2, -0.15) is 5.10 Å². The highest BCUT2D eigenvalue weighted by atomic mass is 15.3. The average molecular weight is 230 g/mol. The van der Waals surface area contributed by atoms with Crippen LogP contribution in [0.4, 0.5) is 0 Å². The van der Waals surface area contributed by atoms with Gasteiger partial charge in [-0.15, -0.1) is 0 Å². The number of aryl methyl sites for hydroxylation is 1. The van der Waals surface area contributed by atoms with Crippen molar-refractivity contribution in [3.63, 3.8) is 0 Å². The number of aromatic nitrogens is 3. The van der Waals surface area contributed by atoms with Crippen LogP contribution in [0.3, 0.4) is 0 Å². The molecule has 0 saturated carbocycles. The highest BCUT2D eigenvalue weighted by Gasteiger charge is 2.25. The topological polar surface area (TPSA) is 26.0 Å². The third kappa shape index (κ3) is 1.78. The Morgan fingerprint density at radius 1 is 1.24 bits per heavy atom. The molecule has 3 rings (SSSR count). The second kappa shape index (κ2) is 4.04. The largest absolute Gasteiger partial charge is 0.348 e. The summed E-state index contributed by atoms with van der Waals surface area (Å²) in [6.07, 6.45) is 4.18. The highest BCUT2D eigenvalue weighted by Crippen LogP contribution is 2.25. The molecule has 0 N–H and O–H groups in total. The summed E-state index contributed by atoms with van der Waals surface area (Å²) in [5, 5.41) is 4.65. The second-order valence-electron chi connectivity index (χ2n) is 4.65. The number of rotatable bonds is 3. The summed E-state index contributed by atoms with van der Waals surface area (Å²) < 4.78 is 4.22. The molecule has 3 heterocycles. The molecule has 17 heavy (non-hydrogen) atoms. The molecule has 2 aromatic heterocycles. The van der Waals surface area contributed by atoms with Gasteiger partial charge in [0.1, 0.15) is 0 Å². The van der Waals surface area contributed by atoms with Gasteiger partial charge in [-0.05, 0) is 18.7 Å². The van der Waals surface area contributed by atoms with Crippen LogP contribution in [0.25, 0.3) is 0 Å². The summed E-state index contributed by atoms with van der Waals surface area (Å²) >= 11 is 0. The molecular weight excluding hydrogens is 212 g/mol. The lowest BCUT2D eigenvalue weighted by Gasteiger charge is -2.12. The molecule has 0 spiro atoms. The van der Waals surface area contributed by atoms with E-state index in [4.69, 9.17) is 0 Å². The molecule has 0 bridgehead atoms. The van der Waals surface area contributed by atoms with Crippen molar-refractivity contribution in [1.82, 2.24) is 19.2 Å². The van der Waals surface area contributed by atoms with Gasteiger partial charge < -0.3 is 4.57 Å². The van der Waals surface area contributed by atoms with Gasteiger partial charge in [-0.25, -0.2) is 0 Å². The molecule has 2 aromatic rings. The number of hydrogen-bond donors (Lipinski definition) is 0. The molecule has 0 radical (unpaired) electrons. The normalized spacial score (nSPS) is 15.4. The molecule has 4 heteroatoms. The van der Waals surface area contributed by atoms with Gasteiger partial charge in [0.05, 0.1) is 17.9 Å². The zero-order chi connectivity index (χ0) is 11.8. The molecule has 0 fully saturated rings. The quantitative estimate of drug-likeness (QED) is 0.800. The average Bonchev–Trinajstić information content (AvgIpc) is 3.00. The molecular formula is C13H18N4. The Bertz CT molecular complexity index is 510. The summed E-state index contributed by atoms with van der Waals surface area (Å²) in [6, 6.07) is 4.11. The predicted molar refractivity (Wildman–Crippen MR) is 66.5 cm³/mol. The van der Waals surface area contributed by atoms with Crippen LogP contribution < -0.4 is 0 Å². The van der Waals surface area contributed by atoms with Crippen molar-refractivity contribution in [3.05, 3.63) is 41.5 Å². The van der Waals surface area contributed by atoms with Gasteiger partial charge >= 0.3 is 0 Å². The van der Waals surface area contributed by atoms with Crippen LogP contribution in [0, 0.1) is 0 Å². The summed E-state index contributed by atoms with van der Waals surface area (Å²) in [6.45, 7) is 6.30. The van der Waals surface area contributed by atoms with Crippen molar-refractivity contribution in [2.75, 3.05) is 6.54 Å². The minimum atomic E-state index is 0.883. The van der Waals surface area contributed by atoms with Gasteiger partial charge in [0.25, 0.3) is 0 Å². The van der Waals surface area contributed by atoms with E-state index >= 15 is 0 Å². The van der Waals surface area contributed by atoms with Crippen LogP contribution in [0.2, 0.25) is 0 Å². The van der Waals surface area contributed by atoms with Crippen LogP contribution in [0.5, 0.6) is 0 Å². The van der Waals surface area contributed by atoms with Gasteiger partial charge in [0.15, 0.2) is 0 Å². The zero-order valence-corrected chi connectivity index (χ0v) is 10.4. The van der Waals surface area contributed by atoms with Crippen molar-refractivity contribution in [2.45, 2.75) is 26.6 Å². The first-order valence-corrected chi connectivity index (χ1v) is 6.14. The minimum absolute atomic E-state index is 0.883. The predicted octanol–water partition coefficient (Wildman–Crippen LogP) is 1.61. The SMILES string of the molecule is CCN1Cc2c(Cn3cccc3)nn(C)c2C1. The first-order valence-electron chi connectivity index (χ1n) is 6.14. The van der Waals surface area contributed by atoms with E-state index in [2.05, 4.69) is 53.1 Å². The Hall–Kier alpha value is -1.55. The maximum absolute atomic E-state index is 4.65. The van der Waals surface area contributed by atoms with Crippen molar-refractivity contribution in [3.8, 4) is 0 Å². The van der Waals surface area contributed by atoms with Crippen LogP contribution in [-0.2, 0) is 26.7 Å². The van der Waals surface area contributed by atoms with Crippen molar-refractivity contribution in [1.29, 1.82) is 0 Å². The molecule has 1 aliphatic rings. The Kier molecular flexibility index (Phi) is 2.52. The Labute approximate surface area is 101 Å². The number of fused-ring (bicyclic) bond motifs is 1. The fourth-order valence-electron chi connectivity index (χ4n) is 2.53. The van der Waals surface area contributed by atoms with Crippen LogP contribution in [0.15, 0.2) is 24.5 Å². The maximum atomic E-state index is 4.65. The first-order chi connectivity index (χ1) is 8.28. The summed E-state index contributed by atoms with van der Waals surface area (Å²) in [7, 11) is 2.05. The van der Waals surface area contributed by atoms with E-state index < -0.39 is 0 Å². The second-order valence-corrected chi connectivity index (χ2v) is 4.65. The molecule has 4 nitrogen and oxygen atoms in total. The summed E-state index contributed by atoms with van der Waals surface area (Å²) in [5.74, 6) is 0. The summed E-state index contributed by atoms with van der Waals surface area (Å²) in [4.78, 5) is 2.45. The lowest BCUT2D eigenvalue weighted by Crippen LogP contribution is -2.17. The minimum Gasteiger partial charge on any atom is -0.348 e. The lowest BCUT2D eigenvalue weighted by molar-refractivity contribution is 0.292.